The summed E-state index contributed by atoms with van der Waals surface area (Å²) in [5.41, 5.74) is 1.91. The van der Waals surface area contributed by atoms with E-state index in [2.05, 4.69) is 28.7 Å². The van der Waals surface area contributed by atoms with Crippen LogP contribution in [-0.2, 0) is 18.3 Å². The van der Waals surface area contributed by atoms with Crippen molar-refractivity contribution in [2.45, 2.75) is 57.0 Å². The van der Waals surface area contributed by atoms with E-state index < -0.39 is 0 Å². The lowest BCUT2D eigenvalue weighted by atomic mass is 9.87. The summed E-state index contributed by atoms with van der Waals surface area (Å²) < 4.78 is 15.2. The van der Waals surface area contributed by atoms with E-state index in [0.717, 1.165) is 43.7 Å². The zero-order valence-corrected chi connectivity index (χ0v) is 17.0. The van der Waals surface area contributed by atoms with Crippen LogP contribution in [-0.4, -0.2) is 44.8 Å². The van der Waals surface area contributed by atoms with E-state index in [4.69, 9.17) is 0 Å². The van der Waals surface area contributed by atoms with Gasteiger partial charge in [0.2, 0.25) is 5.91 Å². The summed E-state index contributed by atoms with van der Waals surface area (Å²) in [5.74, 6) is 0.0127. The van der Waals surface area contributed by atoms with Crippen LogP contribution in [0.5, 0.6) is 0 Å². The van der Waals surface area contributed by atoms with E-state index in [1.807, 2.05) is 29.9 Å². The van der Waals surface area contributed by atoms with Crippen LogP contribution in [0, 0.1) is 5.82 Å². The molecule has 0 N–H and O–H groups in total. The van der Waals surface area contributed by atoms with Crippen molar-refractivity contribution in [1.82, 2.24) is 14.7 Å². The number of aromatic nitrogens is 2. The Kier molecular flexibility index (Phi) is 4.68. The van der Waals surface area contributed by atoms with Gasteiger partial charge in [-0.2, -0.15) is 5.10 Å². The molecule has 0 bridgehead atoms. The summed E-state index contributed by atoms with van der Waals surface area (Å²) in [5, 5.41) is 4.19. The maximum absolute atomic E-state index is 13.4. The first kappa shape index (κ1) is 19.0. The third-order valence-corrected chi connectivity index (χ3v) is 6.50. The van der Waals surface area contributed by atoms with Gasteiger partial charge in [-0.25, -0.2) is 4.39 Å². The van der Waals surface area contributed by atoms with Crippen molar-refractivity contribution in [3.8, 4) is 0 Å². The SMILES string of the molecule is Cn1nccc1CCC(=O)N1CCCC12CN(c1ccc(F)cc1)C(C)(C)C2. The second-order valence-corrected chi connectivity index (χ2v) is 8.87. The number of anilines is 1. The monoisotopic (exact) mass is 384 g/mol. The highest BCUT2D eigenvalue weighted by Gasteiger charge is 2.54. The molecule has 1 aromatic heterocycles. The summed E-state index contributed by atoms with van der Waals surface area (Å²) in [6, 6.07) is 8.70. The number of amides is 1. The van der Waals surface area contributed by atoms with Crippen LogP contribution in [0.3, 0.4) is 0 Å². The van der Waals surface area contributed by atoms with Crippen molar-refractivity contribution in [1.29, 1.82) is 0 Å². The third-order valence-electron chi connectivity index (χ3n) is 6.50. The summed E-state index contributed by atoms with van der Waals surface area (Å²) in [4.78, 5) is 17.6. The van der Waals surface area contributed by atoms with Gasteiger partial charge in [0, 0.05) is 49.7 Å². The van der Waals surface area contributed by atoms with Gasteiger partial charge in [0.25, 0.3) is 0 Å². The van der Waals surface area contributed by atoms with E-state index in [9.17, 15) is 9.18 Å². The molecule has 1 spiro atoms. The lowest BCUT2D eigenvalue weighted by molar-refractivity contribution is -0.134. The molecule has 0 saturated carbocycles. The van der Waals surface area contributed by atoms with Gasteiger partial charge in [-0.1, -0.05) is 0 Å². The average molecular weight is 384 g/mol. The second-order valence-electron chi connectivity index (χ2n) is 8.87. The zero-order valence-electron chi connectivity index (χ0n) is 17.0. The van der Waals surface area contributed by atoms with Crippen molar-refractivity contribution >= 4 is 11.6 Å². The van der Waals surface area contributed by atoms with Gasteiger partial charge < -0.3 is 9.80 Å². The van der Waals surface area contributed by atoms with Gasteiger partial charge in [-0.15, -0.1) is 0 Å². The van der Waals surface area contributed by atoms with Gasteiger partial charge in [0.1, 0.15) is 5.82 Å². The van der Waals surface area contributed by atoms with Crippen molar-refractivity contribution in [3.05, 3.63) is 48.0 Å². The van der Waals surface area contributed by atoms with Gasteiger partial charge >= 0.3 is 0 Å². The molecule has 2 fully saturated rings. The normalized spacial score (nSPS) is 23.7. The largest absolute Gasteiger partial charge is 0.364 e. The van der Waals surface area contributed by atoms with E-state index in [-0.39, 0.29) is 22.8 Å². The van der Waals surface area contributed by atoms with Crippen LogP contribution in [0.2, 0.25) is 0 Å². The molecule has 3 heterocycles. The number of hydrogen-bond donors (Lipinski definition) is 0. The smallest absolute Gasteiger partial charge is 0.223 e. The molecule has 2 saturated heterocycles. The molecule has 4 rings (SSSR count). The zero-order chi connectivity index (χ0) is 19.9. The first-order chi connectivity index (χ1) is 13.3. The minimum absolute atomic E-state index is 0.0806. The van der Waals surface area contributed by atoms with E-state index >= 15 is 0 Å². The number of likely N-dealkylation sites (tertiary alicyclic amines) is 1. The first-order valence-electron chi connectivity index (χ1n) is 10.1. The summed E-state index contributed by atoms with van der Waals surface area (Å²) in [6.07, 6.45) is 6.02. The van der Waals surface area contributed by atoms with Crippen molar-refractivity contribution in [2.24, 2.45) is 7.05 Å². The average Bonchev–Trinajstić information content (AvgIpc) is 3.31. The third kappa shape index (κ3) is 3.29. The highest BCUT2D eigenvalue weighted by Crippen LogP contribution is 2.47. The number of halogens is 1. The maximum Gasteiger partial charge on any atom is 0.223 e. The van der Waals surface area contributed by atoms with Gasteiger partial charge in [0.05, 0.1) is 5.54 Å². The molecule has 2 aromatic rings. The predicted octanol–water partition coefficient (Wildman–Crippen LogP) is 3.54. The van der Waals surface area contributed by atoms with Crippen molar-refractivity contribution < 1.29 is 9.18 Å². The minimum Gasteiger partial charge on any atom is -0.364 e. The van der Waals surface area contributed by atoms with Crippen molar-refractivity contribution in [3.63, 3.8) is 0 Å². The quantitative estimate of drug-likeness (QED) is 0.810. The second kappa shape index (κ2) is 6.90. The highest BCUT2D eigenvalue weighted by molar-refractivity contribution is 5.78. The molecule has 0 aliphatic carbocycles. The molecule has 1 aromatic carbocycles. The molecule has 2 aliphatic heterocycles. The number of hydrogen-bond acceptors (Lipinski definition) is 3. The van der Waals surface area contributed by atoms with Crippen LogP contribution in [0.25, 0.3) is 0 Å². The lowest BCUT2D eigenvalue weighted by Crippen LogP contribution is -2.49. The molecular formula is C22H29FN4O. The molecule has 0 radical (unpaired) electrons. The number of rotatable bonds is 4. The summed E-state index contributed by atoms with van der Waals surface area (Å²) >= 11 is 0. The van der Waals surface area contributed by atoms with E-state index in [1.165, 1.54) is 12.1 Å². The molecule has 6 heteroatoms. The molecule has 1 atom stereocenters. The van der Waals surface area contributed by atoms with Crippen LogP contribution in [0.4, 0.5) is 10.1 Å². The van der Waals surface area contributed by atoms with Crippen LogP contribution in [0.1, 0.15) is 45.2 Å². The number of benzene rings is 1. The first-order valence-corrected chi connectivity index (χ1v) is 10.1. The highest BCUT2D eigenvalue weighted by atomic mass is 19.1. The van der Waals surface area contributed by atoms with Crippen LogP contribution in [0.15, 0.2) is 36.5 Å². The Balaban J connectivity index is 1.52. The fourth-order valence-electron chi connectivity index (χ4n) is 5.22. The van der Waals surface area contributed by atoms with Gasteiger partial charge in [-0.3, -0.25) is 9.48 Å². The number of carbonyl (C=O) groups is 1. The van der Waals surface area contributed by atoms with Gasteiger partial charge in [-0.05, 0) is 69.9 Å². The summed E-state index contributed by atoms with van der Waals surface area (Å²) in [6.45, 7) is 6.09. The fourth-order valence-corrected chi connectivity index (χ4v) is 5.22. The molecule has 1 amide bonds. The topological polar surface area (TPSA) is 41.4 Å². The Morgan fingerprint density at radius 2 is 1.96 bits per heavy atom. The summed E-state index contributed by atoms with van der Waals surface area (Å²) in [7, 11) is 1.91. The predicted molar refractivity (Wildman–Crippen MR) is 108 cm³/mol. The van der Waals surface area contributed by atoms with Crippen LogP contribution < -0.4 is 4.90 Å². The fraction of sp³-hybridized carbons (Fsp3) is 0.545. The molecular weight excluding hydrogens is 355 g/mol. The molecule has 28 heavy (non-hydrogen) atoms. The minimum atomic E-state index is -0.219. The maximum atomic E-state index is 13.4. The Hall–Kier alpha value is -2.37. The molecule has 5 nitrogen and oxygen atoms in total. The van der Waals surface area contributed by atoms with Gasteiger partial charge in [0.15, 0.2) is 0 Å². The lowest BCUT2D eigenvalue weighted by Gasteiger charge is -2.35. The van der Waals surface area contributed by atoms with Crippen molar-refractivity contribution in [2.75, 3.05) is 18.0 Å². The Bertz CT molecular complexity index is 860. The Morgan fingerprint density at radius 1 is 1.21 bits per heavy atom. The molecule has 150 valence electrons. The van der Waals surface area contributed by atoms with E-state index in [1.54, 1.807) is 6.20 Å². The Labute approximate surface area is 166 Å². The number of nitrogens with zero attached hydrogens (tertiary/aromatic N) is 4. The number of carbonyl (C=O) groups excluding carboxylic acids is 1. The standard InChI is InChI=1S/C22H29FN4O/c1-21(2)15-22(16-27(21)19-7-5-17(23)6-8-19)12-4-14-26(22)20(28)10-9-18-11-13-24-25(18)3/h5-8,11,13H,4,9-10,12,14-16H2,1-3H3. The molecule has 1 unspecified atom stereocenters. The molecule has 2 aliphatic rings. The number of aryl methyl sites for hydroxylation is 2. The van der Waals surface area contributed by atoms with E-state index in [0.29, 0.717) is 12.8 Å². The Morgan fingerprint density at radius 3 is 2.64 bits per heavy atom. The van der Waals surface area contributed by atoms with Crippen LogP contribution >= 0.6 is 0 Å².